The molecule has 1 fully saturated rings. The molecule has 2 aromatic carbocycles. The first-order chi connectivity index (χ1) is 14.0. The van der Waals surface area contributed by atoms with Gasteiger partial charge < -0.3 is 19.3 Å². The van der Waals surface area contributed by atoms with Crippen molar-refractivity contribution < 1.29 is 18.9 Å². The van der Waals surface area contributed by atoms with E-state index in [-0.39, 0.29) is 16.3 Å². The van der Waals surface area contributed by atoms with E-state index in [4.69, 9.17) is 9.47 Å². The quantitative estimate of drug-likeness (QED) is 0.538. The maximum absolute atomic E-state index is 13.1. The van der Waals surface area contributed by atoms with Crippen molar-refractivity contribution >= 4 is 5.78 Å². The van der Waals surface area contributed by atoms with Crippen LogP contribution < -0.4 is 9.47 Å². The number of hydroxylamine groups is 3. The molecule has 0 N–H and O–H groups in total. The van der Waals surface area contributed by atoms with Crippen molar-refractivity contribution in [3.8, 4) is 11.5 Å². The van der Waals surface area contributed by atoms with Crippen LogP contribution in [0, 0.1) is 17.0 Å². The highest BCUT2D eigenvalue weighted by Gasteiger charge is 2.36. The van der Waals surface area contributed by atoms with Crippen LogP contribution >= 0.6 is 0 Å². The minimum Gasteiger partial charge on any atom is -0.633 e. The molecule has 1 aliphatic carbocycles. The molecule has 0 saturated carbocycles. The maximum atomic E-state index is 13.1. The Balaban J connectivity index is 1.37. The number of hydrogen-bond acceptors (Lipinski definition) is 4. The molecule has 29 heavy (non-hydrogen) atoms. The number of hydrogen-bond donors (Lipinski definition) is 0. The maximum Gasteiger partial charge on any atom is 0.166 e. The summed E-state index contributed by atoms with van der Waals surface area (Å²) in [5.74, 6) is 1.93. The summed E-state index contributed by atoms with van der Waals surface area (Å²) in [5, 5.41) is 13.1. The second-order valence-electron chi connectivity index (χ2n) is 8.46. The van der Waals surface area contributed by atoms with Gasteiger partial charge in [-0.1, -0.05) is 30.3 Å². The highest BCUT2D eigenvalue weighted by molar-refractivity contribution is 6.02. The molecule has 2 aromatic rings. The Bertz CT molecular complexity index is 872. The molecule has 1 heterocycles. The number of Topliss-reactive ketones (excluding diaryl/α,β-unsaturated/α-hetero) is 1. The first-order valence-corrected chi connectivity index (χ1v) is 10.4. The van der Waals surface area contributed by atoms with Crippen molar-refractivity contribution in [3.63, 3.8) is 0 Å². The Labute approximate surface area is 172 Å². The summed E-state index contributed by atoms with van der Waals surface area (Å²) in [4.78, 5) is 12.9. The number of ether oxygens (including phenoxy) is 2. The fourth-order valence-electron chi connectivity index (χ4n) is 4.89. The molecule has 1 saturated heterocycles. The Morgan fingerprint density at radius 2 is 1.69 bits per heavy atom. The minimum absolute atomic E-state index is 0.00703. The van der Waals surface area contributed by atoms with Gasteiger partial charge in [0.15, 0.2) is 17.3 Å². The molecule has 0 spiro atoms. The second kappa shape index (κ2) is 8.17. The Hall–Kier alpha value is -2.37. The van der Waals surface area contributed by atoms with Crippen LogP contribution in [0.15, 0.2) is 42.5 Å². The smallest absolute Gasteiger partial charge is 0.166 e. The standard InChI is InChI=1S/C24H29NO4/c1-28-22-14-19-13-20(24(26)21(19)15-23(22)29-2)12-17-8-10-25(27,11-9-17)16-18-6-4-3-5-7-18/h3-7,14-15,17,20H,8-13,16H2,1-2H3. The Kier molecular flexibility index (Phi) is 5.61. The number of rotatable bonds is 6. The third kappa shape index (κ3) is 4.16. The van der Waals surface area contributed by atoms with Gasteiger partial charge in [-0.3, -0.25) is 4.79 Å². The molecule has 0 amide bonds. The van der Waals surface area contributed by atoms with E-state index in [0.29, 0.717) is 37.1 Å². The van der Waals surface area contributed by atoms with E-state index in [1.54, 1.807) is 14.2 Å². The molecule has 4 rings (SSSR count). The molecule has 0 radical (unpaired) electrons. The molecular weight excluding hydrogens is 366 g/mol. The monoisotopic (exact) mass is 395 g/mol. The Morgan fingerprint density at radius 3 is 2.34 bits per heavy atom. The van der Waals surface area contributed by atoms with Crippen LogP contribution in [-0.4, -0.2) is 37.7 Å². The van der Waals surface area contributed by atoms with Crippen LogP contribution in [-0.2, 0) is 13.0 Å². The van der Waals surface area contributed by atoms with E-state index in [1.807, 2.05) is 42.5 Å². The first kappa shape index (κ1) is 19.9. The van der Waals surface area contributed by atoms with Gasteiger partial charge in [-0.15, -0.1) is 0 Å². The molecule has 1 aliphatic heterocycles. The number of piperidine rings is 1. The van der Waals surface area contributed by atoms with Crippen LogP contribution in [0.4, 0.5) is 0 Å². The van der Waals surface area contributed by atoms with Gasteiger partial charge in [0.05, 0.1) is 27.3 Å². The van der Waals surface area contributed by atoms with E-state index >= 15 is 0 Å². The van der Waals surface area contributed by atoms with E-state index in [0.717, 1.165) is 42.4 Å². The number of nitrogens with zero attached hydrogens (tertiary/aromatic N) is 1. The molecule has 5 nitrogen and oxygen atoms in total. The predicted molar refractivity (Wildman–Crippen MR) is 112 cm³/mol. The van der Waals surface area contributed by atoms with Gasteiger partial charge in [0.25, 0.3) is 0 Å². The average Bonchev–Trinajstić information content (AvgIpc) is 3.04. The average molecular weight is 395 g/mol. The van der Waals surface area contributed by atoms with Gasteiger partial charge in [0, 0.05) is 17.0 Å². The van der Waals surface area contributed by atoms with Crippen molar-refractivity contribution in [1.29, 1.82) is 0 Å². The SMILES string of the molecule is COc1cc2c(cc1OC)C(=O)C(CC1CC[N+]([O-])(Cc3ccccc3)CC1)C2. The summed E-state index contributed by atoms with van der Waals surface area (Å²) in [7, 11) is 3.20. The molecule has 0 bridgehead atoms. The second-order valence-corrected chi connectivity index (χ2v) is 8.46. The lowest BCUT2D eigenvalue weighted by molar-refractivity contribution is -0.899. The minimum atomic E-state index is -0.145. The highest BCUT2D eigenvalue weighted by atomic mass is 16.5. The normalized spacial score (nSPS) is 26.2. The van der Waals surface area contributed by atoms with Crippen LogP contribution in [0.3, 0.4) is 0 Å². The summed E-state index contributed by atoms with van der Waals surface area (Å²) >= 11 is 0. The van der Waals surface area contributed by atoms with Gasteiger partial charge in [0.1, 0.15) is 6.54 Å². The third-order valence-electron chi connectivity index (χ3n) is 6.53. The van der Waals surface area contributed by atoms with Gasteiger partial charge in [-0.25, -0.2) is 0 Å². The highest BCUT2D eigenvalue weighted by Crippen LogP contribution is 2.40. The summed E-state index contributed by atoms with van der Waals surface area (Å²) < 4.78 is 10.6. The van der Waals surface area contributed by atoms with Gasteiger partial charge >= 0.3 is 0 Å². The van der Waals surface area contributed by atoms with Crippen LogP contribution in [0.1, 0.15) is 40.7 Å². The number of methoxy groups -OCH3 is 2. The van der Waals surface area contributed by atoms with E-state index in [2.05, 4.69) is 0 Å². The van der Waals surface area contributed by atoms with Gasteiger partial charge in [-0.05, 0) is 49.3 Å². The molecule has 1 unspecified atom stereocenters. The molecular formula is C24H29NO4. The largest absolute Gasteiger partial charge is 0.633 e. The zero-order valence-electron chi connectivity index (χ0n) is 17.2. The van der Waals surface area contributed by atoms with E-state index < -0.39 is 0 Å². The lowest BCUT2D eigenvalue weighted by atomic mass is 9.85. The number of quaternary nitrogens is 1. The predicted octanol–water partition coefficient (Wildman–Crippen LogP) is 4.37. The number of carbonyl (C=O) groups is 1. The number of benzene rings is 2. The van der Waals surface area contributed by atoms with Crippen molar-refractivity contribution in [1.82, 2.24) is 0 Å². The lowest BCUT2D eigenvalue weighted by Crippen LogP contribution is -2.47. The molecule has 5 heteroatoms. The van der Waals surface area contributed by atoms with Crippen molar-refractivity contribution in [2.75, 3.05) is 27.3 Å². The zero-order valence-corrected chi connectivity index (χ0v) is 17.2. The number of carbonyl (C=O) groups excluding carboxylic acids is 1. The topological polar surface area (TPSA) is 58.6 Å². The van der Waals surface area contributed by atoms with Gasteiger partial charge in [0.2, 0.25) is 0 Å². The lowest BCUT2D eigenvalue weighted by Gasteiger charge is -2.47. The first-order valence-electron chi connectivity index (χ1n) is 10.4. The van der Waals surface area contributed by atoms with E-state index in [9.17, 15) is 10.0 Å². The molecule has 154 valence electrons. The molecule has 2 aliphatic rings. The van der Waals surface area contributed by atoms with Crippen molar-refractivity contribution in [2.45, 2.75) is 32.2 Å². The van der Waals surface area contributed by atoms with Crippen LogP contribution in [0.25, 0.3) is 0 Å². The van der Waals surface area contributed by atoms with Crippen LogP contribution in [0.5, 0.6) is 11.5 Å². The third-order valence-corrected chi connectivity index (χ3v) is 6.53. The summed E-state index contributed by atoms with van der Waals surface area (Å²) in [6.07, 6.45) is 3.40. The van der Waals surface area contributed by atoms with E-state index in [1.165, 1.54) is 0 Å². The van der Waals surface area contributed by atoms with Crippen molar-refractivity contribution in [2.24, 2.45) is 11.8 Å². The van der Waals surface area contributed by atoms with Crippen LogP contribution in [0.2, 0.25) is 0 Å². The fraction of sp³-hybridized carbons (Fsp3) is 0.458. The number of fused-ring (bicyclic) bond motifs is 1. The van der Waals surface area contributed by atoms with Gasteiger partial charge in [-0.2, -0.15) is 0 Å². The summed E-state index contributed by atoms with van der Waals surface area (Å²) in [6.45, 7) is 1.81. The summed E-state index contributed by atoms with van der Waals surface area (Å²) in [5.41, 5.74) is 2.92. The molecule has 0 aromatic heterocycles. The Morgan fingerprint density at radius 1 is 1.03 bits per heavy atom. The fourth-order valence-corrected chi connectivity index (χ4v) is 4.89. The summed E-state index contributed by atoms with van der Waals surface area (Å²) in [6, 6.07) is 13.8. The number of likely N-dealkylation sites (tertiary alicyclic amines) is 1. The zero-order chi connectivity index (χ0) is 20.4. The number of ketones is 1. The molecule has 1 atom stereocenters. The van der Waals surface area contributed by atoms with Crippen molar-refractivity contribution in [3.05, 3.63) is 64.4 Å².